The van der Waals surface area contributed by atoms with Crippen LogP contribution in [0.1, 0.15) is 58.8 Å². The van der Waals surface area contributed by atoms with Crippen molar-refractivity contribution in [2.45, 2.75) is 76.4 Å². The predicted octanol–water partition coefficient (Wildman–Crippen LogP) is 1.83. The van der Waals surface area contributed by atoms with Gasteiger partial charge in [0.25, 0.3) is 0 Å². The number of carbonyl (C=O) groups excluding carboxylic acids is 2. The molecule has 2 amide bonds. The number of hydrogen-bond acceptors (Lipinski definition) is 2. The van der Waals surface area contributed by atoms with Crippen molar-refractivity contribution in [1.82, 2.24) is 10.2 Å². The normalized spacial score (nSPS) is 38.0. The van der Waals surface area contributed by atoms with Crippen LogP contribution in [0.15, 0.2) is 0 Å². The molecular weight excluding hydrogens is 240 g/mol. The van der Waals surface area contributed by atoms with Gasteiger partial charge in [0.1, 0.15) is 11.6 Å². The summed E-state index contributed by atoms with van der Waals surface area (Å²) in [6, 6.07) is -0.0321. The van der Waals surface area contributed by atoms with Crippen molar-refractivity contribution in [3.05, 3.63) is 0 Å². The molecule has 1 saturated heterocycles. The number of hydrogen-bond donors (Lipinski definition) is 1. The van der Waals surface area contributed by atoms with Crippen LogP contribution in [0.2, 0.25) is 0 Å². The van der Waals surface area contributed by atoms with Gasteiger partial charge in [-0.25, -0.2) is 0 Å². The Kier molecular flexibility index (Phi) is 3.06. The summed E-state index contributed by atoms with van der Waals surface area (Å²) in [5, 5.41) is 3.03. The average Bonchev–Trinajstić information content (AvgIpc) is 2.99. The van der Waals surface area contributed by atoms with E-state index < -0.39 is 5.54 Å². The van der Waals surface area contributed by atoms with E-state index in [0.29, 0.717) is 5.92 Å². The first-order chi connectivity index (χ1) is 9.05. The average molecular weight is 264 g/mol. The lowest BCUT2D eigenvalue weighted by Gasteiger charge is -2.47. The van der Waals surface area contributed by atoms with E-state index in [-0.39, 0.29) is 23.9 Å². The predicted molar refractivity (Wildman–Crippen MR) is 72.5 cm³/mol. The highest BCUT2D eigenvalue weighted by atomic mass is 16.2. The number of nitrogens with one attached hydrogen (secondary N) is 1. The molecule has 3 aliphatic rings. The van der Waals surface area contributed by atoms with E-state index in [1.165, 1.54) is 12.8 Å². The number of carbonyl (C=O) groups is 2. The van der Waals surface area contributed by atoms with Crippen molar-refractivity contribution in [2.75, 3.05) is 0 Å². The first-order valence-electron chi connectivity index (χ1n) is 7.70. The van der Waals surface area contributed by atoms with Crippen molar-refractivity contribution in [3.8, 4) is 0 Å². The van der Waals surface area contributed by atoms with Crippen LogP contribution in [-0.4, -0.2) is 34.3 Å². The van der Waals surface area contributed by atoms with Gasteiger partial charge in [-0.15, -0.1) is 0 Å². The molecule has 4 nitrogen and oxygen atoms in total. The van der Waals surface area contributed by atoms with Crippen molar-refractivity contribution in [3.63, 3.8) is 0 Å². The summed E-state index contributed by atoms with van der Waals surface area (Å²) < 4.78 is 0. The minimum atomic E-state index is -0.564. The van der Waals surface area contributed by atoms with E-state index in [4.69, 9.17) is 0 Å². The van der Waals surface area contributed by atoms with Crippen molar-refractivity contribution in [2.24, 2.45) is 5.92 Å². The van der Waals surface area contributed by atoms with Gasteiger partial charge in [-0.3, -0.25) is 9.59 Å². The first kappa shape index (κ1) is 12.9. The fraction of sp³-hybridized carbons (Fsp3) is 0.867. The zero-order chi connectivity index (χ0) is 13.6. The van der Waals surface area contributed by atoms with Crippen LogP contribution < -0.4 is 5.32 Å². The lowest BCUT2D eigenvalue weighted by molar-refractivity contribution is -0.157. The van der Waals surface area contributed by atoms with Gasteiger partial charge in [-0.1, -0.05) is 26.2 Å². The molecule has 3 fully saturated rings. The topological polar surface area (TPSA) is 49.4 Å². The van der Waals surface area contributed by atoms with E-state index in [0.717, 1.165) is 32.1 Å². The van der Waals surface area contributed by atoms with E-state index >= 15 is 0 Å². The van der Waals surface area contributed by atoms with Crippen molar-refractivity contribution >= 4 is 11.8 Å². The van der Waals surface area contributed by atoms with Crippen LogP contribution in [0.3, 0.4) is 0 Å². The van der Waals surface area contributed by atoms with E-state index in [1.807, 2.05) is 11.8 Å². The summed E-state index contributed by atoms with van der Waals surface area (Å²) in [7, 11) is 0. The van der Waals surface area contributed by atoms with Crippen LogP contribution >= 0.6 is 0 Å². The fourth-order valence-electron chi connectivity index (χ4n) is 4.24. The van der Waals surface area contributed by atoms with Gasteiger partial charge in [0, 0.05) is 6.04 Å². The Hall–Kier alpha value is -1.06. The lowest BCUT2D eigenvalue weighted by atomic mass is 9.88. The van der Waals surface area contributed by atoms with E-state index in [2.05, 4.69) is 12.2 Å². The molecule has 19 heavy (non-hydrogen) atoms. The van der Waals surface area contributed by atoms with E-state index in [9.17, 15) is 9.59 Å². The highest BCUT2D eigenvalue weighted by Crippen LogP contribution is 2.39. The molecule has 4 heteroatoms. The summed E-state index contributed by atoms with van der Waals surface area (Å²) >= 11 is 0. The molecule has 0 radical (unpaired) electrons. The Morgan fingerprint density at radius 1 is 1.11 bits per heavy atom. The molecule has 0 aromatic carbocycles. The second-order valence-electron chi connectivity index (χ2n) is 6.64. The minimum absolute atomic E-state index is 0.0422. The van der Waals surface area contributed by atoms with Crippen LogP contribution in [0, 0.1) is 5.92 Å². The standard InChI is InChI=1S/C15H24N2O2/c1-10-6-5-7-12(10)17-11(2)13(18)16-15(14(17)19)8-3-4-9-15/h10-12H,3-9H2,1-2H3,(H,16,18). The smallest absolute Gasteiger partial charge is 0.249 e. The second-order valence-corrected chi connectivity index (χ2v) is 6.64. The molecule has 2 saturated carbocycles. The molecule has 1 aliphatic heterocycles. The third-order valence-electron chi connectivity index (χ3n) is 5.43. The minimum Gasteiger partial charge on any atom is -0.340 e. The highest BCUT2D eigenvalue weighted by molar-refractivity contribution is 6.00. The molecule has 3 unspecified atom stereocenters. The zero-order valence-electron chi connectivity index (χ0n) is 11.9. The Bertz CT molecular complexity index is 401. The Labute approximate surface area is 114 Å². The summed E-state index contributed by atoms with van der Waals surface area (Å²) in [6.07, 6.45) is 7.15. The molecule has 3 atom stereocenters. The Morgan fingerprint density at radius 3 is 2.37 bits per heavy atom. The molecule has 106 valence electrons. The molecule has 0 aromatic heterocycles. The molecule has 1 N–H and O–H groups in total. The largest absolute Gasteiger partial charge is 0.340 e. The van der Waals surface area contributed by atoms with Crippen molar-refractivity contribution < 1.29 is 9.59 Å². The third-order valence-corrected chi connectivity index (χ3v) is 5.43. The monoisotopic (exact) mass is 264 g/mol. The summed E-state index contributed by atoms with van der Waals surface area (Å²) in [5.41, 5.74) is -0.564. The molecule has 2 aliphatic carbocycles. The molecule has 0 bridgehead atoms. The summed E-state index contributed by atoms with van der Waals surface area (Å²) in [5.74, 6) is 0.757. The van der Waals surface area contributed by atoms with E-state index in [1.54, 1.807) is 0 Å². The summed E-state index contributed by atoms with van der Waals surface area (Å²) in [6.45, 7) is 4.09. The SMILES string of the molecule is CC1CCCC1N1C(=O)C2(CCCC2)NC(=O)C1C. The van der Waals surface area contributed by atoms with Crippen LogP contribution in [0.25, 0.3) is 0 Å². The zero-order valence-corrected chi connectivity index (χ0v) is 11.9. The number of amides is 2. The maximum Gasteiger partial charge on any atom is 0.249 e. The third kappa shape index (κ3) is 1.87. The van der Waals surface area contributed by atoms with Crippen LogP contribution in [-0.2, 0) is 9.59 Å². The maximum atomic E-state index is 12.9. The second kappa shape index (κ2) is 4.50. The Balaban J connectivity index is 1.91. The summed E-state index contributed by atoms with van der Waals surface area (Å²) in [4.78, 5) is 27.2. The lowest BCUT2D eigenvalue weighted by Crippen LogP contribution is -2.70. The van der Waals surface area contributed by atoms with Gasteiger partial charge < -0.3 is 10.2 Å². The molecule has 0 aromatic rings. The van der Waals surface area contributed by atoms with Gasteiger partial charge in [0.05, 0.1) is 0 Å². The Morgan fingerprint density at radius 2 is 1.79 bits per heavy atom. The molecular formula is C15H24N2O2. The van der Waals surface area contributed by atoms with Gasteiger partial charge in [-0.2, -0.15) is 0 Å². The van der Waals surface area contributed by atoms with Crippen LogP contribution in [0.4, 0.5) is 0 Å². The van der Waals surface area contributed by atoms with Crippen LogP contribution in [0.5, 0.6) is 0 Å². The first-order valence-corrected chi connectivity index (χ1v) is 7.70. The quantitative estimate of drug-likeness (QED) is 0.785. The van der Waals surface area contributed by atoms with Gasteiger partial charge in [-0.05, 0) is 38.5 Å². The highest BCUT2D eigenvalue weighted by Gasteiger charge is 2.53. The number of rotatable bonds is 1. The molecule has 3 rings (SSSR count). The van der Waals surface area contributed by atoms with Gasteiger partial charge in [0.15, 0.2) is 0 Å². The van der Waals surface area contributed by atoms with Gasteiger partial charge >= 0.3 is 0 Å². The van der Waals surface area contributed by atoms with Crippen molar-refractivity contribution in [1.29, 1.82) is 0 Å². The fourth-order valence-corrected chi connectivity index (χ4v) is 4.24. The number of piperazine rings is 1. The number of nitrogens with zero attached hydrogens (tertiary/aromatic N) is 1. The molecule has 1 spiro atoms. The van der Waals surface area contributed by atoms with Gasteiger partial charge in [0.2, 0.25) is 11.8 Å². The maximum absolute atomic E-state index is 12.9. The molecule has 1 heterocycles.